The van der Waals surface area contributed by atoms with Gasteiger partial charge in [-0.25, -0.2) is 9.07 Å². The van der Waals surface area contributed by atoms with Crippen molar-refractivity contribution in [2.24, 2.45) is 0 Å². The lowest BCUT2D eigenvalue weighted by Crippen LogP contribution is -2.39. The maximum absolute atomic E-state index is 14.1. The SMILES string of the molecule is CC1=C(C#N)C(=O)N(C)C(=O)/C1=C/c1cn(-c2ccccc2)nc1-c1cccc(OCc2ccccc2F)c1. The number of carbonyl (C=O) groups is 2. The smallest absolute Gasteiger partial charge is 0.271 e. The molecule has 1 aromatic heterocycles. The molecule has 2 amide bonds. The predicted octanol–water partition coefficient (Wildman–Crippen LogP) is 5.48. The summed E-state index contributed by atoms with van der Waals surface area (Å²) in [5.74, 6) is -0.954. The third-order valence-electron chi connectivity index (χ3n) is 6.47. The van der Waals surface area contributed by atoms with Gasteiger partial charge >= 0.3 is 0 Å². The number of hydrogen-bond donors (Lipinski definition) is 0. The molecular weight excluding hydrogens is 495 g/mol. The third-order valence-corrected chi connectivity index (χ3v) is 6.47. The summed E-state index contributed by atoms with van der Waals surface area (Å²) >= 11 is 0. The molecule has 0 aliphatic carbocycles. The molecule has 0 radical (unpaired) electrons. The lowest BCUT2D eigenvalue weighted by Gasteiger charge is -2.23. The second kappa shape index (κ2) is 10.6. The highest BCUT2D eigenvalue weighted by Gasteiger charge is 2.33. The van der Waals surface area contributed by atoms with Crippen molar-refractivity contribution in [3.05, 3.63) is 119 Å². The van der Waals surface area contributed by atoms with Gasteiger partial charge in [-0.15, -0.1) is 0 Å². The van der Waals surface area contributed by atoms with Crippen LogP contribution in [-0.4, -0.2) is 33.5 Å². The monoisotopic (exact) mass is 518 g/mol. The van der Waals surface area contributed by atoms with Crippen molar-refractivity contribution >= 4 is 17.9 Å². The lowest BCUT2D eigenvalue weighted by molar-refractivity contribution is -0.138. The summed E-state index contributed by atoms with van der Waals surface area (Å²) in [4.78, 5) is 26.4. The molecule has 0 N–H and O–H groups in total. The number of para-hydroxylation sites is 1. The van der Waals surface area contributed by atoms with Crippen LogP contribution in [0.15, 0.2) is 102 Å². The van der Waals surface area contributed by atoms with Crippen molar-refractivity contribution < 1.29 is 18.7 Å². The molecule has 3 aromatic carbocycles. The van der Waals surface area contributed by atoms with E-state index >= 15 is 0 Å². The summed E-state index contributed by atoms with van der Waals surface area (Å²) < 4.78 is 21.6. The molecule has 39 heavy (non-hydrogen) atoms. The quantitative estimate of drug-likeness (QED) is 0.249. The van der Waals surface area contributed by atoms with Crippen LogP contribution in [0, 0.1) is 17.1 Å². The van der Waals surface area contributed by atoms with Gasteiger partial charge in [-0.1, -0.05) is 48.5 Å². The van der Waals surface area contributed by atoms with Crippen LogP contribution in [0.3, 0.4) is 0 Å². The molecule has 8 heteroatoms. The first-order valence-corrected chi connectivity index (χ1v) is 12.1. The van der Waals surface area contributed by atoms with Crippen LogP contribution < -0.4 is 4.74 Å². The summed E-state index contributed by atoms with van der Waals surface area (Å²) in [6.07, 6.45) is 3.43. The number of carbonyl (C=O) groups excluding carboxylic acids is 2. The van der Waals surface area contributed by atoms with E-state index in [1.54, 1.807) is 54.2 Å². The average Bonchev–Trinajstić information content (AvgIpc) is 3.39. The summed E-state index contributed by atoms with van der Waals surface area (Å²) in [5.41, 5.74) is 3.57. The zero-order valence-corrected chi connectivity index (χ0v) is 21.3. The molecule has 1 aliphatic heterocycles. The van der Waals surface area contributed by atoms with E-state index in [0.717, 1.165) is 10.6 Å². The minimum absolute atomic E-state index is 0.0568. The van der Waals surface area contributed by atoms with E-state index in [2.05, 4.69) is 0 Å². The Bertz CT molecular complexity index is 1700. The van der Waals surface area contributed by atoms with E-state index in [-0.39, 0.29) is 23.6 Å². The first-order valence-electron chi connectivity index (χ1n) is 12.1. The number of aromatic nitrogens is 2. The van der Waals surface area contributed by atoms with Gasteiger partial charge in [0.2, 0.25) is 0 Å². The molecule has 0 bridgehead atoms. The number of amides is 2. The lowest BCUT2D eigenvalue weighted by atomic mass is 9.93. The number of benzene rings is 3. The van der Waals surface area contributed by atoms with Crippen LogP contribution in [0.4, 0.5) is 4.39 Å². The number of likely N-dealkylation sites (N-methyl/N-ethyl adjacent to an activating group) is 1. The number of halogens is 1. The van der Waals surface area contributed by atoms with E-state index in [1.807, 2.05) is 48.5 Å². The molecule has 0 unspecified atom stereocenters. The topological polar surface area (TPSA) is 88.2 Å². The largest absolute Gasteiger partial charge is 0.489 e. The fourth-order valence-corrected chi connectivity index (χ4v) is 4.29. The Balaban J connectivity index is 1.59. The highest BCUT2D eigenvalue weighted by Crippen LogP contribution is 2.32. The summed E-state index contributed by atoms with van der Waals surface area (Å²) in [7, 11) is 1.35. The number of ether oxygens (including phenoxy) is 1. The number of nitriles is 1. The molecule has 0 spiro atoms. The van der Waals surface area contributed by atoms with E-state index in [0.29, 0.717) is 33.7 Å². The van der Waals surface area contributed by atoms with Crippen molar-refractivity contribution in [1.82, 2.24) is 14.7 Å². The van der Waals surface area contributed by atoms with Crippen LogP contribution in [0.1, 0.15) is 18.1 Å². The molecule has 5 rings (SSSR count). The Kier molecular flexibility index (Phi) is 6.89. The summed E-state index contributed by atoms with van der Waals surface area (Å²) in [5, 5.41) is 14.3. The van der Waals surface area contributed by atoms with Gasteiger partial charge in [-0.05, 0) is 48.9 Å². The average molecular weight is 519 g/mol. The maximum atomic E-state index is 14.1. The number of nitrogens with zero attached hydrogens (tertiary/aromatic N) is 4. The fourth-order valence-electron chi connectivity index (χ4n) is 4.29. The molecule has 0 saturated heterocycles. The van der Waals surface area contributed by atoms with E-state index in [1.165, 1.54) is 13.1 Å². The molecular formula is C31H23FN4O3. The third kappa shape index (κ3) is 4.98. The molecule has 2 heterocycles. The second-order valence-corrected chi connectivity index (χ2v) is 8.96. The minimum atomic E-state index is -0.628. The molecule has 7 nitrogen and oxygen atoms in total. The van der Waals surface area contributed by atoms with E-state index in [9.17, 15) is 19.2 Å². The van der Waals surface area contributed by atoms with Gasteiger partial charge in [0.05, 0.1) is 5.69 Å². The normalized spacial score (nSPS) is 14.6. The highest BCUT2D eigenvalue weighted by molar-refractivity contribution is 6.19. The molecule has 1 aliphatic rings. The summed E-state index contributed by atoms with van der Waals surface area (Å²) in [6.45, 7) is 1.65. The minimum Gasteiger partial charge on any atom is -0.489 e. The van der Waals surface area contributed by atoms with Crippen LogP contribution in [0.25, 0.3) is 23.0 Å². The first kappa shape index (κ1) is 25.4. The number of rotatable bonds is 6. The Labute approximate surface area is 224 Å². The zero-order chi connectivity index (χ0) is 27.5. The predicted molar refractivity (Wildman–Crippen MR) is 144 cm³/mol. The maximum Gasteiger partial charge on any atom is 0.271 e. The standard InChI is InChI=1S/C31H23FN4O3/c1-20-26(30(37)35(2)31(38)27(20)17-33)16-23-18-36(24-11-4-3-5-12-24)34-29(23)21-10-8-13-25(15-21)39-19-22-9-6-7-14-28(22)32/h3-16,18H,19H2,1-2H3/b26-16+. The van der Waals surface area contributed by atoms with Crippen molar-refractivity contribution in [3.8, 4) is 28.8 Å². The van der Waals surface area contributed by atoms with Crippen LogP contribution in [0.5, 0.6) is 5.75 Å². The highest BCUT2D eigenvalue weighted by atomic mass is 19.1. The zero-order valence-electron chi connectivity index (χ0n) is 21.3. The van der Waals surface area contributed by atoms with Gasteiger partial charge in [0, 0.05) is 35.5 Å². The molecule has 0 fully saturated rings. The first-order chi connectivity index (χ1) is 18.9. The Morgan fingerprint density at radius 2 is 1.74 bits per heavy atom. The second-order valence-electron chi connectivity index (χ2n) is 8.96. The molecule has 0 saturated carbocycles. The van der Waals surface area contributed by atoms with Gasteiger partial charge in [-0.2, -0.15) is 10.4 Å². The Morgan fingerprint density at radius 1 is 1.00 bits per heavy atom. The summed E-state index contributed by atoms with van der Waals surface area (Å²) in [6, 6.07) is 25.1. The van der Waals surface area contributed by atoms with Gasteiger partial charge in [0.1, 0.15) is 35.5 Å². The Hall–Kier alpha value is -5.29. The number of imide groups is 1. The van der Waals surface area contributed by atoms with Crippen LogP contribution >= 0.6 is 0 Å². The van der Waals surface area contributed by atoms with Crippen LogP contribution in [0.2, 0.25) is 0 Å². The Morgan fingerprint density at radius 3 is 2.49 bits per heavy atom. The molecule has 0 atom stereocenters. The fraction of sp³-hybridized carbons (Fsp3) is 0.0968. The van der Waals surface area contributed by atoms with Crippen molar-refractivity contribution in [2.45, 2.75) is 13.5 Å². The molecule has 4 aromatic rings. The van der Waals surface area contributed by atoms with Gasteiger partial charge in [0.15, 0.2) is 0 Å². The van der Waals surface area contributed by atoms with Crippen LogP contribution in [-0.2, 0) is 16.2 Å². The van der Waals surface area contributed by atoms with Crippen molar-refractivity contribution in [3.63, 3.8) is 0 Å². The van der Waals surface area contributed by atoms with Crippen molar-refractivity contribution in [1.29, 1.82) is 5.26 Å². The van der Waals surface area contributed by atoms with E-state index < -0.39 is 11.8 Å². The number of hydrogen-bond acceptors (Lipinski definition) is 5. The van der Waals surface area contributed by atoms with Crippen molar-refractivity contribution in [2.75, 3.05) is 7.05 Å². The molecule has 192 valence electrons. The van der Waals surface area contributed by atoms with Gasteiger partial charge < -0.3 is 4.74 Å². The van der Waals surface area contributed by atoms with E-state index in [4.69, 9.17) is 9.84 Å². The van der Waals surface area contributed by atoms with Gasteiger partial charge in [-0.3, -0.25) is 14.5 Å². The van der Waals surface area contributed by atoms with Gasteiger partial charge in [0.25, 0.3) is 11.8 Å².